The Morgan fingerprint density at radius 1 is 1.42 bits per heavy atom. The third-order valence-corrected chi connectivity index (χ3v) is 4.17. The monoisotopic (exact) mass is 289 g/mol. The maximum Gasteiger partial charge on any atom is 0.242 e. The van der Waals surface area contributed by atoms with Crippen molar-refractivity contribution in [3.8, 4) is 5.88 Å². The molecule has 19 heavy (non-hydrogen) atoms. The van der Waals surface area contributed by atoms with Crippen molar-refractivity contribution in [3.05, 3.63) is 6.33 Å². The van der Waals surface area contributed by atoms with E-state index in [-0.39, 0.29) is 23.9 Å². The minimum Gasteiger partial charge on any atom is -0.476 e. The highest BCUT2D eigenvalue weighted by molar-refractivity contribution is 7.89. The van der Waals surface area contributed by atoms with Crippen molar-refractivity contribution in [2.24, 2.45) is 0 Å². The van der Waals surface area contributed by atoms with E-state index in [0.29, 0.717) is 12.4 Å². The Morgan fingerprint density at radius 3 is 2.68 bits per heavy atom. The Kier molecular flexibility index (Phi) is 5.31. The maximum atomic E-state index is 11.6. The highest BCUT2D eigenvalue weighted by Crippen LogP contribution is 2.24. The molecule has 0 aliphatic rings. The first-order valence-electron chi connectivity index (χ1n) is 5.75. The molecule has 0 unspecified atom stereocenters. The number of nitrogens with zero attached hydrogens (tertiary/aromatic N) is 3. The van der Waals surface area contributed by atoms with E-state index in [1.807, 2.05) is 6.92 Å². The SMILES string of the molecule is CCOc1ncnc(NCCS(=O)(=O)N(C)C)c1N. The Bertz CT molecular complexity index is 518. The first-order chi connectivity index (χ1) is 8.88. The molecular formula is C10H19N5O3S. The van der Waals surface area contributed by atoms with Gasteiger partial charge in [0.05, 0.1) is 12.4 Å². The highest BCUT2D eigenvalue weighted by Gasteiger charge is 2.14. The second kappa shape index (κ2) is 6.53. The van der Waals surface area contributed by atoms with E-state index in [1.165, 1.54) is 24.7 Å². The van der Waals surface area contributed by atoms with Gasteiger partial charge in [0.15, 0.2) is 5.82 Å². The van der Waals surface area contributed by atoms with Crippen LogP contribution in [0.25, 0.3) is 0 Å². The van der Waals surface area contributed by atoms with Crippen molar-refractivity contribution in [1.29, 1.82) is 0 Å². The van der Waals surface area contributed by atoms with Crippen LogP contribution >= 0.6 is 0 Å². The maximum absolute atomic E-state index is 11.6. The number of rotatable bonds is 7. The lowest BCUT2D eigenvalue weighted by atomic mass is 10.4. The van der Waals surface area contributed by atoms with Crippen molar-refractivity contribution in [2.45, 2.75) is 6.92 Å². The van der Waals surface area contributed by atoms with Crippen molar-refractivity contribution < 1.29 is 13.2 Å². The summed E-state index contributed by atoms with van der Waals surface area (Å²) in [7, 11) is -0.271. The molecule has 0 saturated heterocycles. The summed E-state index contributed by atoms with van der Waals surface area (Å²) < 4.78 is 29.5. The van der Waals surface area contributed by atoms with Gasteiger partial charge in [-0.25, -0.2) is 17.7 Å². The molecule has 0 radical (unpaired) electrons. The molecule has 1 rings (SSSR count). The van der Waals surface area contributed by atoms with Crippen LogP contribution in [0, 0.1) is 0 Å². The number of hydrogen-bond acceptors (Lipinski definition) is 7. The van der Waals surface area contributed by atoms with E-state index in [9.17, 15) is 8.42 Å². The Hall–Kier alpha value is -1.61. The van der Waals surface area contributed by atoms with E-state index >= 15 is 0 Å². The molecule has 9 heteroatoms. The Morgan fingerprint density at radius 2 is 2.11 bits per heavy atom. The molecule has 1 heterocycles. The van der Waals surface area contributed by atoms with Gasteiger partial charge in [0.1, 0.15) is 12.0 Å². The van der Waals surface area contributed by atoms with Crippen LogP contribution < -0.4 is 15.8 Å². The summed E-state index contributed by atoms with van der Waals surface area (Å²) in [6.45, 7) is 2.46. The van der Waals surface area contributed by atoms with Crippen molar-refractivity contribution >= 4 is 21.5 Å². The molecule has 0 saturated carbocycles. The molecule has 108 valence electrons. The van der Waals surface area contributed by atoms with Gasteiger partial charge in [-0.1, -0.05) is 0 Å². The van der Waals surface area contributed by atoms with Gasteiger partial charge in [0.2, 0.25) is 15.9 Å². The van der Waals surface area contributed by atoms with E-state index in [1.54, 1.807) is 0 Å². The molecule has 1 aromatic rings. The van der Waals surface area contributed by atoms with Crippen LogP contribution in [0.2, 0.25) is 0 Å². The van der Waals surface area contributed by atoms with E-state index in [0.717, 1.165) is 0 Å². The summed E-state index contributed by atoms with van der Waals surface area (Å²) in [4.78, 5) is 7.84. The van der Waals surface area contributed by atoms with Crippen molar-refractivity contribution in [1.82, 2.24) is 14.3 Å². The summed E-state index contributed by atoms with van der Waals surface area (Å²) in [5.41, 5.74) is 6.08. The first-order valence-corrected chi connectivity index (χ1v) is 7.36. The van der Waals surface area contributed by atoms with E-state index in [4.69, 9.17) is 10.5 Å². The van der Waals surface area contributed by atoms with Gasteiger partial charge in [0, 0.05) is 20.6 Å². The zero-order valence-corrected chi connectivity index (χ0v) is 12.1. The fraction of sp³-hybridized carbons (Fsp3) is 0.600. The van der Waals surface area contributed by atoms with Crippen LogP contribution in [0.3, 0.4) is 0 Å². The van der Waals surface area contributed by atoms with Crippen LogP contribution in [0.4, 0.5) is 11.5 Å². The third kappa shape index (κ3) is 4.21. The standard InChI is InChI=1S/C10H19N5O3S/c1-4-18-10-8(11)9(13-7-14-10)12-5-6-19(16,17)15(2)3/h7H,4-6,11H2,1-3H3,(H,12,13,14). The van der Waals surface area contributed by atoms with E-state index < -0.39 is 10.0 Å². The lowest BCUT2D eigenvalue weighted by Gasteiger charge is -2.13. The van der Waals surface area contributed by atoms with Gasteiger partial charge in [0.25, 0.3) is 0 Å². The quantitative estimate of drug-likeness (QED) is 0.712. The fourth-order valence-corrected chi connectivity index (χ4v) is 1.98. The Balaban J connectivity index is 2.66. The second-order valence-corrected chi connectivity index (χ2v) is 6.20. The first kappa shape index (κ1) is 15.4. The number of nitrogens with two attached hydrogens (primary N) is 1. The zero-order chi connectivity index (χ0) is 14.5. The predicted molar refractivity (Wildman–Crippen MR) is 73.6 cm³/mol. The molecule has 3 N–H and O–H groups in total. The van der Waals surface area contributed by atoms with Gasteiger partial charge >= 0.3 is 0 Å². The molecule has 0 atom stereocenters. The smallest absolute Gasteiger partial charge is 0.242 e. The topological polar surface area (TPSA) is 110 Å². The summed E-state index contributed by atoms with van der Waals surface area (Å²) in [6, 6.07) is 0. The number of nitrogen functional groups attached to an aromatic ring is 1. The largest absolute Gasteiger partial charge is 0.476 e. The number of hydrogen-bond donors (Lipinski definition) is 2. The lowest BCUT2D eigenvalue weighted by Crippen LogP contribution is -2.28. The summed E-state index contributed by atoms with van der Waals surface area (Å²) in [5.74, 6) is 0.607. The fourth-order valence-electron chi connectivity index (χ4n) is 1.25. The van der Waals surface area contributed by atoms with Crippen molar-refractivity contribution in [2.75, 3.05) is 44.1 Å². The van der Waals surface area contributed by atoms with E-state index in [2.05, 4.69) is 15.3 Å². The number of aromatic nitrogens is 2. The van der Waals surface area contributed by atoms with Gasteiger partial charge in [-0.2, -0.15) is 4.98 Å². The van der Waals surface area contributed by atoms with Crippen LogP contribution in [0.1, 0.15) is 6.92 Å². The molecule has 1 aromatic heterocycles. The second-order valence-electron chi connectivity index (χ2n) is 3.90. The molecule has 0 aliphatic heterocycles. The highest BCUT2D eigenvalue weighted by atomic mass is 32.2. The average molecular weight is 289 g/mol. The predicted octanol–water partition coefficient (Wildman–Crippen LogP) is -0.239. The van der Waals surface area contributed by atoms with Crippen LogP contribution in [0.15, 0.2) is 6.33 Å². The summed E-state index contributed by atoms with van der Waals surface area (Å²) in [6.07, 6.45) is 1.31. The zero-order valence-electron chi connectivity index (χ0n) is 11.3. The molecule has 0 aliphatic carbocycles. The summed E-state index contributed by atoms with van der Waals surface area (Å²) in [5, 5.41) is 2.86. The number of anilines is 2. The molecule has 0 amide bonds. The van der Waals surface area contributed by atoms with Gasteiger partial charge in [-0.15, -0.1) is 0 Å². The van der Waals surface area contributed by atoms with Gasteiger partial charge in [-0.3, -0.25) is 0 Å². The molecular weight excluding hydrogens is 270 g/mol. The molecule has 0 fully saturated rings. The number of nitrogens with one attached hydrogen (secondary N) is 1. The van der Waals surface area contributed by atoms with Gasteiger partial charge < -0.3 is 15.8 Å². The third-order valence-electron chi connectivity index (χ3n) is 2.34. The van der Waals surface area contributed by atoms with Crippen molar-refractivity contribution in [3.63, 3.8) is 0 Å². The molecule has 0 aromatic carbocycles. The van der Waals surface area contributed by atoms with Crippen LogP contribution in [-0.2, 0) is 10.0 Å². The number of sulfonamides is 1. The summed E-state index contributed by atoms with van der Waals surface area (Å²) >= 11 is 0. The number of ether oxygens (including phenoxy) is 1. The molecule has 8 nitrogen and oxygen atoms in total. The Labute approximate surface area is 113 Å². The minimum atomic E-state index is -3.25. The normalized spacial score (nSPS) is 11.6. The lowest BCUT2D eigenvalue weighted by molar-refractivity contribution is 0.328. The van der Waals surface area contributed by atoms with Crippen LogP contribution in [-0.4, -0.2) is 55.7 Å². The van der Waals surface area contributed by atoms with Gasteiger partial charge in [-0.05, 0) is 6.92 Å². The molecule has 0 bridgehead atoms. The van der Waals surface area contributed by atoms with Crippen LogP contribution in [0.5, 0.6) is 5.88 Å². The molecule has 0 spiro atoms. The minimum absolute atomic E-state index is 0.0482. The average Bonchev–Trinajstić information content (AvgIpc) is 2.33.